The van der Waals surface area contributed by atoms with Gasteiger partial charge >= 0.3 is 0 Å². The van der Waals surface area contributed by atoms with Crippen LogP contribution in [0.15, 0.2) is 41.5 Å². The summed E-state index contributed by atoms with van der Waals surface area (Å²) in [7, 11) is 0. The molecule has 1 aromatic carbocycles. The van der Waals surface area contributed by atoms with Crippen LogP contribution in [0.1, 0.15) is 56.6 Å². The van der Waals surface area contributed by atoms with Crippen molar-refractivity contribution in [2.24, 2.45) is 16.8 Å². The zero-order valence-electron chi connectivity index (χ0n) is 23.4. The van der Waals surface area contributed by atoms with Crippen molar-refractivity contribution in [2.75, 3.05) is 36.0 Å². The van der Waals surface area contributed by atoms with E-state index in [0.29, 0.717) is 47.9 Å². The summed E-state index contributed by atoms with van der Waals surface area (Å²) in [4.78, 5) is 34.3. The third-order valence-electron chi connectivity index (χ3n) is 8.18. The highest BCUT2D eigenvalue weighted by Gasteiger charge is 2.44. The van der Waals surface area contributed by atoms with Crippen molar-refractivity contribution in [2.45, 2.75) is 53.1 Å². The van der Waals surface area contributed by atoms with E-state index >= 15 is 0 Å². The molecule has 0 bridgehead atoms. The SMILES string of the molecule is CCN1C(=O)c2nc(-c3ccc(N4CCCC(C)C4)nc3)n(Cc3ccc(F)c(F)c3)c2N2C[C@@H](C(C)C)N=C12. The van der Waals surface area contributed by atoms with Crippen LogP contribution in [0.2, 0.25) is 0 Å². The number of imidazole rings is 1. The van der Waals surface area contributed by atoms with Gasteiger partial charge in [-0.15, -0.1) is 0 Å². The third kappa shape index (κ3) is 4.53. The van der Waals surface area contributed by atoms with Crippen LogP contribution in [0.25, 0.3) is 11.4 Å². The van der Waals surface area contributed by atoms with Gasteiger partial charge in [0.1, 0.15) is 17.5 Å². The summed E-state index contributed by atoms with van der Waals surface area (Å²) in [6.45, 7) is 11.7. The molecule has 1 amide bonds. The summed E-state index contributed by atoms with van der Waals surface area (Å²) in [5, 5.41) is 0. The third-order valence-corrected chi connectivity index (χ3v) is 8.18. The molecule has 10 heteroatoms. The first-order valence-electron chi connectivity index (χ1n) is 14.2. The van der Waals surface area contributed by atoms with Crippen molar-refractivity contribution in [1.82, 2.24) is 19.4 Å². The number of piperidine rings is 1. The fourth-order valence-electron chi connectivity index (χ4n) is 5.94. The monoisotopic (exact) mass is 547 g/mol. The number of hydrogen-bond acceptors (Lipinski definition) is 6. The van der Waals surface area contributed by atoms with Gasteiger partial charge in [0.25, 0.3) is 5.91 Å². The van der Waals surface area contributed by atoms with Crippen LogP contribution in [0.3, 0.4) is 0 Å². The number of carbonyl (C=O) groups is 1. The van der Waals surface area contributed by atoms with Crippen molar-refractivity contribution >= 4 is 23.5 Å². The Balaban J connectivity index is 1.46. The van der Waals surface area contributed by atoms with Gasteiger partial charge in [-0.1, -0.05) is 26.8 Å². The summed E-state index contributed by atoms with van der Waals surface area (Å²) in [5.41, 5.74) is 1.65. The maximum atomic E-state index is 14.2. The van der Waals surface area contributed by atoms with E-state index < -0.39 is 11.6 Å². The molecule has 6 rings (SSSR count). The Morgan fingerprint density at radius 3 is 2.60 bits per heavy atom. The van der Waals surface area contributed by atoms with Gasteiger partial charge in [-0.3, -0.25) is 14.6 Å². The van der Waals surface area contributed by atoms with E-state index in [-0.39, 0.29) is 24.4 Å². The van der Waals surface area contributed by atoms with E-state index in [1.807, 2.05) is 23.6 Å². The molecule has 1 unspecified atom stereocenters. The second-order valence-corrected chi connectivity index (χ2v) is 11.4. The van der Waals surface area contributed by atoms with Gasteiger partial charge in [0.15, 0.2) is 17.3 Å². The second-order valence-electron chi connectivity index (χ2n) is 11.4. The van der Waals surface area contributed by atoms with Crippen LogP contribution in [0.4, 0.5) is 20.4 Å². The Morgan fingerprint density at radius 2 is 1.93 bits per heavy atom. The average Bonchev–Trinajstić information content (AvgIpc) is 3.54. The van der Waals surface area contributed by atoms with Gasteiger partial charge in [-0.05, 0) is 61.4 Å². The van der Waals surface area contributed by atoms with Gasteiger partial charge in [0, 0.05) is 31.4 Å². The van der Waals surface area contributed by atoms with Crippen molar-refractivity contribution < 1.29 is 13.6 Å². The molecule has 3 aliphatic heterocycles. The highest BCUT2D eigenvalue weighted by molar-refractivity contribution is 6.18. The normalized spacial score (nSPS) is 20.7. The molecule has 3 aliphatic rings. The van der Waals surface area contributed by atoms with Gasteiger partial charge < -0.3 is 9.47 Å². The van der Waals surface area contributed by atoms with Gasteiger partial charge in [0.2, 0.25) is 5.96 Å². The molecular weight excluding hydrogens is 512 g/mol. The first-order chi connectivity index (χ1) is 19.2. The van der Waals surface area contributed by atoms with Crippen LogP contribution in [-0.2, 0) is 6.54 Å². The molecule has 0 N–H and O–H groups in total. The molecule has 0 spiro atoms. The Bertz CT molecular complexity index is 1470. The van der Waals surface area contributed by atoms with Gasteiger partial charge in [-0.25, -0.2) is 23.7 Å². The molecule has 1 saturated heterocycles. The molecule has 1 fully saturated rings. The first-order valence-corrected chi connectivity index (χ1v) is 14.2. The van der Waals surface area contributed by atoms with Crippen LogP contribution in [0, 0.1) is 23.5 Å². The fourth-order valence-corrected chi connectivity index (χ4v) is 5.94. The number of benzene rings is 1. The quantitative estimate of drug-likeness (QED) is 0.425. The number of guanidine groups is 1. The number of nitrogens with zero attached hydrogens (tertiary/aromatic N) is 7. The highest BCUT2D eigenvalue weighted by atomic mass is 19.2. The van der Waals surface area contributed by atoms with E-state index in [9.17, 15) is 13.6 Å². The standard InChI is InChI=1S/C30H35F2N7O/c1-5-37-29(40)26-28(39-17-24(18(2)3)34-30(37)39)38(16-20-8-10-22(31)23(32)13-20)27(35-26)21-9-11-25(33-14-21)36-12-6-7-19(4)15-36/h8-11,13-14,18-19,24H,5-7,12,15-17H2,1-4H3/t19?,24-/m0/s1. The number of carbonyl (C=O) groups excluding carboxylic acids is 1. The minimum atomic E-state index is -0.911. The highest BCUT2D eigenvalue weighted by Crippen LogP contribution is 2.38. The summed E-state index contributed by atoms with van der Waals surface area (Å²) in [5.74, 6) is 1.60. The largest absolute Gasteiger partial charge is 0.356 e. The molecule has 2 aromatic heterocycles. The molecule has 0 radical (unpaired) electrons. The molecule has 210 valence electrons. The van der Waals surface area contributed by atoms with Crippen molar-refractivity contribution in [3.63, 3.8) is 0 Å². The predicted octanol–water partition coefficient (Wildman–Crippen LogP) is 5.18. The van der Waals surface area contributed by atoms with Crippen LogP contribution in [0.5, 0.6) is 0 Å². The average molecular weight is 548 g/mol. The zero-order valence-corrected chi connectivity index (χ0v) is 23.4. The molecule has 8 nitrogen and oxygen atoms in total. The first kappa shape index (κ1) is 26.4. The number of aliphatic imine (C=N–C) groups is 1. The molecule has 3 aromatic rings. The predicted molar refractivity (Wildman–Crippen MR) is 152 cm³/mol. The lowest BCUT2D eigenvalue weighted by Crippen LogP contribution is -2.50. The minimum absolute atomic E-state index is 0.0192. The van der Waals surface area contributed by atoms with Crippen LogP contribution < -0.4 is 9.80 Å². The molecule has 5 heterocycles. The van der Waals surface area contributed by atoms with E-state index in [1.165, 1.54) is 12.5 Å². The molecule has 2 atom stereocenters. The summed E-state index contributed by atoms with van der Waals surface area (Å²) >= 11 is 0. The topological polar surface area (TPSA) is 69.9 Å². The minimum Gasteiger partial charge on any atom is -0.356 e. The molecular formula is C30H35F2N7O. The summed E-state index contributed by atoms with van der Waals surface area (Å²) in [6, 6.07) is 7.89. The van der Waals surface area contributed by atoms with Gasteiger partial charge in [0.05, 0.1) is 19.1 Å². The maximum Gasteiger partial charge on any atom is 0.283 e. The Labute approximate surface area is 233 Å². The Morgan fingerprint density at radius 1 is 1.10 bits per heavy atom. The molecule has 0 aliphatic carbocycles. The maximum absolute atomic E-state index is 14.2. The summed E-state index contributed by atoms with van der Waals surface area (Å²) in [6.07, 6.45) is 4.16. The Hall–Kier alpha value is -3.82. The van der Waals surface area contributed by atoms with Crippen molar-refractivity contribution in [3.8, 4) is 11.4 Å². The lowest BCUT2D eigenvalue weighted by molar-refractivity contribution is 0.0841. The number of hydrogen-bond donors (Lipinski definition) is 0. The van der Waals surface area contributed by atoms with Gasteiger partial charge in [-0.2, -0.15) is 0 Å². The number of halogens is 2. The smallest absolute Gasteiger partial charge is 0.283 e. The number of anilines is 2. The van der Waals surface area contributed by atoms with Crippen molar-refractivity contribution in [3.05, 3.63) is 59.4 Å². The summed E-state index contributed by atoms with van der Waals surface area (Å²) < 4.78 is 29.9. The number of aromatic nitrogens is 3. The Kier molecular flexibility index (Phi) is 6.80. The fraction of sp³-hybridized carbons (Fsp3) is 0.467. The van der Waals surface area contributed by atoms with E-state index in [2.05, 4.69) is 30.6 Å². The second kappa shape index (κ2) is 10.3. The molecule has 40 heavy (non-hydrogen) atoms. The van der Waals surface area contributed by atoms with E-state index in [4.69, 9.17) is 15.0 Å². The zero-order chi connectivity index (χ0) is 28.1. The van der Waals surface area contributed by atoms with Crippen molar-refractivity contribution in [1.29, 1.82) is 0 Å². The van der Waals surface area contributed by atoms with Crippen LogP contribution >= 0.6 is 0 Å². The van der Waals surface area contributed by atoms with E-state index in [1.54, 1.807) is 17.2 Å². The number of amides is 1. The lowest BCUT2D eigenvalue weighted by Gasteiger charge is -2.34. The van der Waals surface area contributed by atoms with Crippen LogP contribution in [-0.4, -0.2) is 63.5 Å². The lowest BCUT2D eigenvalue weighted by atomic mass is 10.0. The number of rotatable bonds is 6. The number of fused-ring (bicyclic) bond motifs is 3. The number of pyridine rings is 1. The van der Waals surface area contributed by atoms with E-state index in [0.717, 1.165) is 37.0 Å². The molecule has 0 saturated carbocycles.